The highest BCUT2D eigenvalue weighted by atomic mass is 79.9. The number of nitriles is 1. The lowest BCUT2D eigenvalue weighted by molar-refractivity contribution is 0.102. The first kappa shape index (κ1) is 18.4. The molecular formula is C21H14BrN3O2. The van der Waals surface area contributed by atoms with E-state index in [4.69, 9.17) is 5.26 Å². The number of pyridine rings is 1. The van der Waals surface area contributed by atoms with E-state index in [0.717, 1.165) is 10.0 Å². The Morgan fingerprint density at radius 1 is 1.07 bits per heavy atom. The molecule has 2 N–H and O–H groups in total. The Balaban J connectivity index is 2.00. The number of carbonyl (C=O) groups is 1. The summed E-state index contributed by atoms with van der Waals surface area (Å²) in [5, 5.41) is 11.9. The third-order valence-corrected chi connectivity index (χ3v) is 4.25. The summed E-state index contributed by atoms with van der Waals surface area (Å²) >= 11 is 3.40. The lowest BCUT2D eigenvalue weighted by Crippen LogP contribution is -2.20. The number of hydrogen-bond donors (Lipinski definition) is 2. The van der Waals surface area contributed by atoms with E-state index in [0.29, 0.717) is 11.4 Å². The summed E-state index contributed by atoms with van der Waals surface area (Å²) in [5.41, 5.74) is 1.39. The average molecular weight is 420 g/mol. The van der Waals surface area contributed by atoms with Crippen LogP contribution >= 0.6 is 15.9 Å². The average Bonchev–Trinajstić information content (AvgIpc) is 2.67. The number of nitrogens with one attached hydrogen (secondary N) is 2. The van der Waals surface area contributed by atoms with Crippen molar-refractivity contribution in [3.8, 4) is 6.07 Å². The molecule has 0 radical (unpaired) electrons. The van der Waals surface area contributed by atoms with Crippen molar-refractivity contribution in [3.05, 3.63) is 97.9 Å². The van der Waals surface area contributed by atoms with E-state index in [1.54, 1.807) is 36.4 Å². The Hall–Kier alpha value is -3.43. The third-order valence-electron chi connectivity index (χ3n) is 3.76. The number of halogens is 1. The van der Waals surface area contributed by atoms with Crippen molar-refractivity contribution in [3.63, 3.8) is 0 Å². The van der Waals surface area contributed by atoms with Crippen molar-refractivity contribution >= 4 is 39.7 Å². The first-order valence-corrected chi connectivity index (χ1v) is 8.83. The Labute approximate surface area is 164 Å². The lowest BCUT2D eigenvalue weighted by Gasteiger charge is -2.08. The summed E-state index contributed by atoms with van der Waals surface area (Å²) in [4.78, 5) is 27.3. The third kappa shape index (κ3) is 4.60. The van der Waals surface area contributed by atoms with Crippen LogP contribution in [0, 0.1) is 11.3 Å². The molecule has 0 aliphatic heterocycles. The largest absolute Gasteiger partial charge is 0.322 e. The van der Waals surface area contributed by atoms with Crippen LogP contribution in [-0.4, -0.2) is 10.9 Å². The van der Waals surface area contributed by atoms with Gasteiger partial charge in [-0.3, -0.25) is 9.59 Å². The minimum Gasteiger partial charge on any atom is -0.322 e. The first-order chi connectivity index (χ1) is 13.1. The Bertz CT molecular complexity index is 1110. The van der Waals surface area contributed by atoms with Crippen molar-refractivity contribution in [2.24, 2.45) is 0 Å². The number of carbonyl (C=O) groups excluding carboxylic acids is 1. The number of benzene rings is 2. The number of para-hydroxylation sites is 1. The molecule has 1 amide bonds. The fourth-order valence-electron chi connectivity index (χ4n) is 2.46. The zero-order chi connectivity index (χ0) is 19.2. The van der Waals surface area contributed by atoms with Gasteiger partial charge in [0.1, 0.15) is 11.6 Å². The SMILES string of the molecule is N#Cc1cc(C(=O)Nc2ccccc2)c(/C=C/c2cccc(Br)c2)[nH]c1=O. The molecule has 6 heteroatoms. The predicted octanol–water partition coefficient (Wildman–Crippen LogP) is 4.43. The quantitative estimate of drug-likeness (QED) is 0.655. The summed E-state index contributed by atoms with van der Waals surface area (Å²) in [5.74, 6) is -0.414. The number of amides is 1. The summed E-state index contributed by atoms with van der Waals surface area (Å²) in [6, 6.07) is 19.7. The molecule has 132 valence electrons. The molecule has 3 aromatic rings. The molecule has 1 aromatic heterocycles. The van der Waals surface area contributed by atoms with Gasteiger partial charge in [-0.05, 0) is 42.0 Å². The van der Waals surface area contributed by atoms with E-state index in [9.17, 15) is 9.59 Å². The molecule has 0 aliphatic rings. The zero-order valence-electron chi connectivity index (χ0n) is 14.1. The van der Waals surface area contributed by atoms with Gasteiger partial charge >= 0.3 is 0 Å². The first-order valence-electron chi connectivity index (χ1n) is 8.04. The highest BCUT2D eigenvalue weighted by Crippen LogP contribution is 2.16. The summed E-state index contributed by atoms with van der Waals surface area (Å²) < 4.78 is 0.917. The Kier molecular flexibility index (Phi) is 5.64. The van der Waals surface area contributed by atoms with Gasteiger partial charge in [0.05, 0.1) is 11.3 Å². The van der Waals surface area contributed by atoms with Crippen LogP contribution in [0.4, 0.5) is 5.69 Å². The van der Waals surface area contributed by atoms with E-state index in [1.165, 1.54) is 6.07 Å². The molecule has 3 rings (SSSR count). The Morgan fingerprint density at radius 3 is 2.56 bits per heavy atom. The number of H-pyrrole nitrogens is 1. The summed E-state index contributed by atoms with van der Waals surface area (Å²) in [7, 11) is 0. The fourth-order valence-corrected chi connectivity index (χ4v) is 2.87. The standard InChI is InChI=1S/C21H14BrN3O2/c22-16-6-4-5-14(11-16)9-10-19-18(12-15(13-23)20(26)25-19)21(27)24-17-7-2-1-3-8-17/h1-12H,(H,24,27)(H,25,26)/b10-9+. The van der Waals surface area contributed by atoms with Gasteiger partial charge in [-0.1, -0.05) is 52.3 Å². The Morgan fingerprint density at radius 2 is 1.85 bits per heavy atom. The van der Waals surface area contributed by atoms with Gasteiger partial charge in [-0.2, -0.15) is 5.26 Å². The number of rotatable bonds is 4. The summed E-state index contributed by atoms with van der Waals surface area (Å²) in [6.45, 7) is 0. The van der Waals surface area contributed by atoms with Gasteiger partial charge in [-0.25, -0.2) is 0 Å². The van der Waals surface area contributed by atoms with Crippen LogP contribution in [0.25, 0.3) is 12.2 Å². The van der Waals surface area contributed by atoms with Crippen LogP contribution in [0.2, 0.25) is 0 Å². The molecule has 2 aromatic carbocycles. The molecule has 0 fully saturated rings. The molecular weight excluding hydrogens is 406 g/mol. The topological polar surface area (TPSA) is 85.8 Å². The number of aromatic amines is 1. The van der Waals surface area contributed by atoms with Crippen molar-refractivity contribution in [1.82, 2.24) is 4.98 Å². The second-order valence-electron chi connectivity index (χ2n) is 5.66. The molecule has 0 spiro atoms. The molecule has 0 saturated carbocycles. The lowest BCUT2D eigenvalue weighted by atomic mass is 10.1. The summed E-state index contributed by atoms with van der Waals surface area (Å²) in [6.07, 6.45) is 3.42. The highest BCUT2D eigenvalue weighted by Gasteiger charge is 2.14. The molecule has 0 unspecified atom stereocenters. The molecule has 0 bridgehead atoms. The maximum atomic E-state index is 12.7. The second kappa shape index (κ2) is 8.30. The van der Waals surface area contributed by atoms with Crippen molar-refractivity contribution in [2.45, 2.75) is 0 Å². The van der Waals surface area contributed by atoms with Gasteiger partial charge in [0, 0.05) is 10.2 Å². The van der Waals surface area contributed by atoms with E-state index >= 15 is 0 Å². The van der Waals surface area contributed by atoms with E-state index in [-0.39, 0.29) is 11.1 Å². The molecule has 5 nitrogen and oxygen atoms in total. The minimum absolute atomic E-state index is 0.118. The zero-order valence-corrected chi connectivity index (χ0v) is 15.7. The van der Waals surface area contributed by atoms with Crippen LogP contribution in [0.15, 0.2) is 69.9 Å². The van der Waals surface area contributed by atoms with Gasteiger partial charge in [0.2, 0.25) is 0 Å². The number of hydrogen-bond acceptors (Lipinski definition) is 3. The van der Waals surface area contributed by atoms with Gasteiger partial charge < -0.3 is 10.3 Å². The molecule has 27 heavy (non-hydrogen) atoms. The number of anilines is 1. The van der Waals surface area contributed by atoms with Crippen molar-refractivity contribution in [2.75, 3.05) is 5.32 Å². The van der Waals surface area contributed by atoms with Gasteiger partial charge in [0.15, 0.2) is 0 Å². The molecule has 0 aliphatic carbocycles. The second-order valence-corrected chi connectivity index (χ2v) is 6.58. The molecule has 1 heterocycles. The van der Waals surface area contributed by atoms with E-state index < -0.39 is 11.5 Å². The maximum absolute atomic E-state index is 12.7. The molecule has 0 atom stereocenters. The van der Waals surface area contributed by atoms with E-state index in [2.05, 4.69) is 26.2 Å². The monoisotopic (exact) mass is 419 g/mol. The highest BCUT2D eigenvalue weighted by molar-refractivity contribution is 9.10. The minimum atomic E-state index is -0.539. The molecule has 0 saturated heterocycles. The van der Waals surface area contributed by atoms with Crippen LogP contribution in [0.3, 0.4) is 0 Å². The number of nitrogens with zero attached hydrogens (tertiary/aromatic N) is 1. The normalized spacial score (nSPS) is 10.5. The fraction of sp³-hybridized carbons (Fsp3) is 0. The van der Waals surface area contributed by atoms with Crippen LogP contribution in [0.1, 0.15) is 27.2 Å². The van der Waals surface area contributed by atoms with Crippen LogP contribution in [0.5, 0.6) is 0 Å². The number of aromatic nitrogens is 1. The smallest absolute Gasteiger partial charge is 0.266 e. The predicted molar refractivity (Wildman–Crippen MR) is 109 cm³/mol. The van der Waals surface area contributed by atoms with Gasteiger partial charge in [0.25, 0.3) is 11.5 Å². The van der Waals surface area contributed by atoms with Crippen molar-refractivity contribution in [1.29, 1.82) is 5.26 Å². The van der Waals surface area contributed by atoms with Gasteiger partial charge in [-0.15, -0.1) is 0 Å². The maximum Gasteiger partial charge on any atom is 0.266 e. The van der Waals surface area contributed by atoms with E-state index in [1.807, 2.05) is 36.4 Å². The van der Waals surface area contributed by atoms with Crippen molar-refractivity contribution < 1.29 is 4.79 Å². The van der Waals surface area contributed by atoms with Crippen LogP contribution in [-0.2, 0) is 0 Å². The van der Waals surface area contributed by atoms with Crippen LogP contribution < -0.4 is 10.9 Å².